The summed E-state index contributed by atoms with van der Waals surface area (Å²) in [5.74, 6) is -3.07. The molecule has 2 amide bonds. The second-order valence-electron chi connectivity index (χ2n) is 6.42. The van der Waals surface area contributed by atoms with E-state index in [1.165, 1.54) is 4.90 Å². The Balaban J connectivity index is 1.45. The molecule has 0 bridgehead atoms. The zero-order valence-electron chi connectivity index (χ0n) is 15.0. The van der Waals surface area contributed by atoms with Crippen LogP contribution in [-0.2, 0) is 28.7 Å². The molecule has 1 aromatic carbocycles. The Morgan fingerprint density at radius 2 is 1.97 bits per heavy atom. The fourth-order valence-corrected chi connectivity index (χ4v) is 4.18. The average molecular weight is 457 g/mol. The van der Waals surface area contributed by atoms with Crippen molar-refractivity contribution in [3.05, 3.63) is 51.7 Å². The molecule has 0 aliphatic carbocycles. The number of benzene rings is 1. The molecule has 0 saturated heterocycles. The van der Waals surface area contributed by atoms with Gasteiger partial charge in [0.2, 0.25) is 5.82 Å². The van der Waals surface area contributed by atoms with Gasteiger partial charge in [-0.3, -0.25) is 9.59 Å². The first-order valence-corrected chi connectivity index (χ1v) is 9.79. The van der Waals surface area contributed by atoms with Crippen molar-refractivity contribution in [1.29, 1.82) is 0 Å². The molecule has 1 N–H and O–H groups in total. The van der Waals surface area contributed by atoms with E-state index in [9.17, 15) is 22.8 Å². The SMILES string of the molecule is O=C(Nc1ccc(Cl)cc1)C(=O)N1CCc2cc(-c3noc(C(F)(F)F)n3)sc2C1. The van der Waals surface area contributed by atoms with E-state index < -0.39 is 23.9 Å². The second-order valence-corrected chi connectivity index (χ2v) is 7.99. The summed E-state index contributed by atoms with van der Waals surface area (Å²) in [7, 11) is 0. The topological polar surface area (TPSA) is 88.3 Å². The zero-order valence-corrected chi connectivity index (χ0v) is 16.6. The lowest BCUT2D eigenvalue weighted by Crippen LogP contribution is -2.42. The average Bonchev–Trinajstić information content (AvgIpc) is 3.35. The zero-order chi connectivity index (χ0) is 21.5. The van der Waals surface area contributed by atoms with Crippen LogP contribution in [0.15, 0.2) is 34.9 Å². The van der Waals surface area contributed by atoms with Gasteiger partial charge in [0.25, 0.3) is 0 Å². The molecular weight excluding hydrogens is 445 g/mol. The number of carbonyl (C=O) groups excluding carboxylic acids is 2. The minimum absolute atomic E-state index is 0.164. The molecule has 12 heteroatoms. The minimum Gasteiger partial charge on any atom is -0.329 e. The summed E-state index contributed by atoms with van der Waals surface area (Å²) in [4.78, 5) is 30.7. The van der Waals surface area contributed by atoms with Crippen molar-refractivity contribution in [3.8, 4) is 10.7 Å². The molecule has 156 valence electrons. The van der Waals surface area contributed by atoms with Crippen LogP contribution in [0.5, 0.6) is 0 Å². The Morgan fingerprint density at radius 1 is 1.23 bits per heavy atom. The van der Waals surface area contributed by atoms with E-state index >= 15 is 0 Å². The van der Waals surface area contributed by atoms with E-state index in [0.717, 1.165) is 21.8 Å². The number of anilines is 1. The monoisotopic (exact) mass is 456 g/mol. The van der Waals surface area contributed by atoms with E-state index in [1.807, 2.05) is 0 Å². The smallest absolute Gasteiger partial charge is 0.329 e. The maximum Gasteiger partial charge on any atom is 0.471 e. The minimum atomic E-state index is -4.72. The van der Waals surface area contributed by atoms with Crippen molar-refractivity contribution >= 4 is 40.4 Å². The third kappa shape index (κ3) is 4.17. The highest BCUT2D eigenvalue weighted by Gasteiger charge is 2.39. The highest BCUT2D eigenvalue weighted by Crippen LogP contribution is 2.35. The van der Waals surface area contributed by atoms with Crippen LogP contribution in [-0.4, -0.2) is 33.4 Å². The molecule has 0 fully saturated rings. The fourth-order valence-electron chi connectivity index (χ4n) is 2.90. The molecule has 1 aliphatic heterocycles. The second kappa shape index (κ2) is 7.73. The number of nitrogens with one attached hydrogen (secondary N) is 1. The van der Waals surface area contributed by atoms with Gasteiger partial charge in [0.15, 0.2) is 0 Å². The number of hydrogen-bond acceptors (Lipinski definition) is 6. The van der Waals surface area contributed by atoms with E-state index in [1.54, 1.807) is 30.3 Å². The van der Waals surface area contributed by atoms with Crippen LogP contribution < -0.4 is 5.32 Å². The predicted molar refractivity (Wildman–Crippen MR) is 102 cm³/mol. The van der Waals surface area contributed by atoms with Gasteiger partial charge in [-0.25, -0.2) is 0 Å². The number of carbonyl (C=O) groups is 2. The van der Waals surface area contributed by atoms with Crippen molar-refractivity contribution in [2.24, 2.45) is 0 Å². The van der Waals surface area contributed by atoms with Crippen molar-refractivity contribution in [3.63, 3.8) is 0 Å². The normalized spacial score (nSPS) is 13.8. The molecule has 0 radical (unpaired) electrons. The van der Waals surface area contributed by atoms with Crippen molar-refractivity contribution in [1.82, 2.24) is 15.0 Å². The van der Waals surface area contributed by atoms with Gasteiger partial charge in [0.05, 0.1) is 11.4 Å². The number of alkyl halides is 3. The molecule has 0 unspecified atom stereocenters. The first-order chi connectivity index (χ1) is 14.2. The van der Waals surface area contributed by atoms with Crippen LogP contribution in [0, 0.1) is 0 Å². The summed E-state index contributed by atoms with van der Waals surface area (Å²) >= 11 is 6.95. The summed E-state index contributed by atoms with van der Waals surface area (Å²) in [5.41, 5.74) is 1.31. The van der Waals surface area contributed by atoms with Crippen molar-refractivity contribution in [2.75, 3.05) is 11.9 Å². The Kier molecular flexibility index (Phi) is 5.24. The van der Waals surface area contributed by atoms with Crippen molar-refractivity contribution < 1.29 is 27.3 Å². The number of nitrogens with zero attached hydrogens (tertiary/aromatic N) is 3. The number of aromatic nitrogens is 2. The van der Waals surface area contributed by atoms with E-state index in [2.05, 4.69) is 20.0 Å². The van der Waals surface area contributed by atoms with Gasteiger partial charge in [0, 0.05) is 22.1 Å². The maximum atomic E-state index is 12.7. The molecule has 3 heterocycles. The number of rotatable bonds is 2. The molecule has 4 rings (SSSR count). The highest BCUT2D eigenvalue weighted by molar-refractivity contribution is 7.15. The molecule has 2 aromatic heterocycles. The van der Waals surface area contributed by atoms with Gasteiger partial charge < -0.3 is 14.7 Å². The molecule has 0 saturated carbocycles. The Labute approximate surface area is 176 Å². The molecule has 3 aromatic rings. The van der Waals surface area contributed by atoms with Crippen LogP contribution >= 0.6 is 22.9 Å². The summed E-state index contributed by atoms with van der Waals surface area (Å²) in [6.45, 7) is 0.465. The summed E-state index contributed by atoms with van der Waals surface area (Å²) in [6, 6.07) is 8.01. The lowest BCUT2D eigenvalue weighted by molar-refractivity contribution is -0.159. The number of fused-ring (bicyclic) bond motifs is 1. The third-order valence-electron chi connectivity index (χ3n) is 4.35. The van der Waals surface area contributed by atoms with Gasteiger partial charge in [-0.05, 0) is 42.3 Å². The maximum absolute atomic E-state index is 12.7. The Morgan fingerprint density at radius 3 is 2.63 bits per heavy atom. The molecule has 1 aliphatic rings. The van der Waals surface area contributed by atoms with Gasteiger partial charge >= 0.3 is 23.9 Å². The summed E-state index contributed by atoms with van der Waals surface area (Å²) in [6.07, 6.45) is -4.27. The first-order valence-electron chi connectivity index (χ1n) is 8.59. The van der Waals surface area contributed by atoms with E-state index in [-0.39, 0.29) is 12.4 Å². The van der Waals surface area contributed by atoms with Crippen molar-refractivity contribution in [2.45, 2.75) is 19.1 Å². The highest BCUT2D eigenvalue weighted by atomic mass is 35.5. The van der Waals surface area contributed by atoms with Crippen LogP contribution in [0.25, 0.3) is 10.7 Å². The van der Waals surface area contributed by atoms with Crippen LogP contribution in [0.2, 0.25) is 5.02 Å². The lowest BCUT2D eigenvalue weighted by atomic mass is 10.1. The number of thiophene rings is 1. The number of amides is 2. The number of hydrogen-bond donors (Lipinski definition) is 1. The molecule has 0 atom stereocenters. The van der Waals surface area contributed by atoms with Gasteiger partial charge in [-0.15, -0.1) is 11.3 Å². The largest absolute Gasteiger partial charge is 0.471 e. The standard InChI is InChI=1S/C18H12ClF3N4O3S/c19-10-1-3-11(4-2-10)23-15(27)16(28)26-6-5-9-7-12(30-13(9)8-26)14-24-17(29-25-14)18(20,21)22/h1-4,7H,5-6,8H2,(H,23,27). The molecule has 30 heavy (non-hydrogen) atoms. The van der Waals surface area contributed by atoms with Gasteiger partial charge in [-0.1, -0.05) is 16.8 Å². The third-order valence-corrected chi connectivity index (χ3v) is 5.76. The van der Waals surface area contributed by atoms with Crippen LogP contribution in [0.1, 0.15) is 16.3 Å². The first kappa shape index (κ1) is 20.4. The van der Waals surface area contributed by atoms with Gasteiger partial charge in [0.1, 0.15) is 0 Å². The summed E-state index contributed by atoms with van der Waals surface area (Å²) in [5, 5.41) is 6.40. The van der Waals surface area contributed by atoms with E-state index in [4.69, 9.17) is 11.6 Å². The van der Waals surface area contributed by atoms with Gasteiger partial charge in [-0.2, -0.15) is 18.2 Å². The Bertz CT molecular complexity index is 1110. The molecule has 7 nitrogen and oxygen atoms in total. The van der Waals surface area contributed by atoms with Crippen LogP contribution in [0.4, 0.5) is 18.9 Å². The fraction of sp³-hybridized carbons (Fsp3) is 0.222. The van der Waals surface area contributed by atoms with E-state index in [0.29, 0.717) is 28.6 Å². The number of halogens is 4. The quantitative estimate of drug-likeness (QED) is 0.589. The molecular formula is C18H12ClF3N4O3S. The predicted octanol–water partition coefficient (Wildman–Crippen LogP) is 3.99. The Hall–Kier alpha value is -2.92. The molecule has 0 spiro atoms. The lowest BCUT2D eigenvalue weighted by Gasteiger charge is -2.26. The van der Waals surface area contributed by atoms with Crippen LogP contribution in [0.3, 0.4) is 0 Å². The summed E-state index contributed by atoms with van der Waals surface area (Å²) < 4.78 is 42.2.